The van der Waals surface area contributed by atoms with Crippen LogP contribution in [0, 0.1) is 5.82 Å². The van der Waals surface area contributed by atoms with Crippen molar-refractivity contribution in [1.29, 1.82) is 0 Å². The SMILES string of the molecule is CCCNC(=O)c1ccc(NCCc2ccc(F)cc2)cn1. The fourth-order valence-corrected chi connectivity index (χ4v) is 1.96. The Morgan fingerprint density at radius 3 is 2.55 bits per heavy atom. The molecular formula is C17H20FN3O. The van der Waals surface area contributed by atoms with Gasteiger partial charge in [0.05, 0.1) is 11.9 Å². The maximum absolute atomic E-state index is 12.8. The molecular weight excluding hydrogens is 281 g/mol. The molecule has 2 rings (SSSR count). The lowest BCUT2D eigenvalue weighted by atomic mass is 10.1. The highest BCUT2D eigenvalue weighted by molar-refractivity contribution is 5.92. The highest BCUT2D eigenvalue weighted by Crippen LogP contribution is 2.08. The first-order chi connectivity index (χ1) is 10.7. The predicted octanol–water partition coefficient (Wildman–Crippen LogP) is 3.02. The van der Waals surface area contributed by atoms with E-state index in [1.807, 2.05) is 13.0 Å². The van der Waals surface area contributed by atoms with Crippen LogP contribution in [-0.4, -0.2) is 24.0 Å². The van der Waals surface area contributed by atoms with Crippen LogP contribution in [0.1, 0.15) is 29.4 Å². The van der Waals surface area contributed by atoms with Gasteiger partial charge in [0.15, 0.2) is 0 Å². The van der Waals surface area contributed by atoms with Gasteiger partial charge in [0.25, 0.3) is 5.91 Å². The number of anilines is 1. The molecule has 0 radical (unpaired) electrons. The molecule has 0 aliphatic rings. The minimum atomic E-state index is -0.224. The number of aromatic nitrogens is 1. The summed E-state index contributed by atoms with van der Waals surface area (Å²) in [6.07, 6.45) is 3.33. The zero-order valence-electron chi connectivity index (χ0n) is 12.6. The Balaban J connectivity index is 1.81. The summed E-state index contributed by atoms with van der Waals surface area (Å²) in [6.45, 7) is 3.37. The second-order valence-corrected chi connectivity index (χ2v) is 4.99. The van der Waals surface area contributed by atoms with Crippen LogP contribution in [0.25, 0.3) is 0 Å². The normalized spacial score (nSPS) is 10.3. The molecule has 0 aliphatic carbocycles. The van der Waals surface area contributed by atoms with Crippen LogP contribution >= 0.6 is 0 Å². The van der Waals surface area contributed by atoms with E-state index in [0.29, 0.717) is 18.8 Å². The Bertz CT molecular complexity index is 596. The van der Waals surface area contributed by atoms with Crippen molar-refractivity contribution in [2.45, 2.75) is 19.8 Å². The van der Waals surface area contributed by atoms with Gasteiger partial charge in [-0.2, -0.15) is 0 Å². The van der Waals surface area contributed by atoms with Crippen molar-refractivity contribution in [3.05, 3.63) is 59.7 Å². The molecule has 116 valence electrons. The summed E-state index contributed by atoms with van der Waals surface area (Å²) in [5, 5.41) is 6.01. The number of amides is 1. The summed E-state index contributed by atoms with van der Waals surface area (Å²) in [5.41, 5.74) is 2.34. The molecule has 22 heavy (non-hydrogen) atoms. The molecule has 0 bridgehead atoms. The van der Waals surface area contributed by atoms with Gasteiger partial charge in [0.1, 0.15) is 11.5 Å². The zero-order valence-corrected chi connectivity index (χ0v) is 12.6. The van der Waals surface area contributed by atoms with E-state index in [1.165, 1.54) is 12.1 Å². The summed E-state index contributed by atoms with van der Waals surface area (Å²) in [4.78, 5) is 15.9. The van der Waals surface area contributed by atoms with Crippen LogP contribution in [0.5, 0.6) is 0 Å². The Morgan fingerprint density at radius 1 is 1.14 bits per heavy atom. The van der Waals surface area contributed by atoms with Crippen molar-refractivity contribution in [2.75, 3.05) is 18.4 Å². The van der Waals surface area contributed by atoms with Gasteiger partial charge in [-0.25, -0.2) is 9.37 Å². The molecule has 2 N–H and O–H groups in total. The summed E-state index contributed by atoms with van der Waals surface area (Å²) >= 11 is 0. The second kappa shape index (κ2) is 8.12. The van der Waals surface area contributed by atoms with E-state index in [0.717, 1.165) is 24.1 Å². The molecule has 0 fully saturated rings. The van der Waals surface area contributed by atoms with Gasteiger partial charge in [0, 0.05) is 13.1 Å². The first kappa shape index (κ1) is 15.9. The van der Waals surface area contributed by atoms with Gasteiger partial charge in [0.2, 0.25) is 0 Å². The molecule has 0 saturated heterocycles. The highest BCUT2D eigenvalue weighted by Gasteiger charge is 2.05. The number of hydrogen-bond acceptors (Lipinski definition) is 3. The molecule has 1 heterocycles. The molecule has 0 spiro atoms. The summed E-state index contributed by atoms with van der Waals surface area (Å²) in [7, 11) is 0. The van der Waals surface area contributed by atoms with E-state index in [1.54, 1.807) is 24.4 Å². The third-order valence-electron chi connectivity index (χ3n) is 3.19. The van der Waals surface area contributed by atoms with Crippen molar-refractivity contribution in [1.82, 2.24) is 10.3 Å². The number of pyridine rings is 1. The highest BCUT2D eigenvalue weighted by atomic mass is 19.1. The molecule has 4 nitrogen and oxygen atoms in total. The van der Waals surface area contributed by atoms with E-state index < -0.39 is 0 Å². The third kappa shape index (κ3) is 4.84. The Labute approximate surface area is 129 Å². The standard InChI is InChI=1S/C17H20FN3O/c1-2-10-20-17(22)16-8-7-15(12-21-16)19-11-9-13-3-5-14(18)6-4-13/h3-8,12,19H,2,9-11H2,1H3,(H,20,22). The first-order valence-electron chi connectivity index (χ1n) is 7.41. The smallest absolute Gasteiger partial charge is 0.269 e. The van der Waals surface area contributed by atoms with Crippen molar-refractivity contribution < 1.29 is 9.18 Å². The van der Waals surface area contributed by atoms with Crippen molar-refractivity contribution in [3.63, 3.8) is 0 Å². The molecule has 0 aliphatic heterocycles. The quantitative estimate of drug-likeness (QED) is 0.826. The van der Waals surface area contributed by atoms with Gasteiger partial charge in [-0.1, -0.05) is 19.1 Å². The average molecular weight is 301 g/mol. The third-order valence-corrected chi connectivity index (χ3v) is 3.19. The number of halogens is 1. The Kier molecular flexibility index (Phi) is 5.89. The van der Waals surface area contributed by atoms with Gasteiger partial charge in [-0.3, -0.25) is 4.79 Å². The monoisotopic (exact) mass is 301 g/mol. The first-order valence-corrected chi connectivity index (χ1v) is 7.41. The van der Waals surface area contributed by atoms with Crippen LogP contribution in [0.15, 0.2) is 42.6 Å². The maximum atomic E-state index is 12.8. The lowest BCUT2D eigenvalue weighted by molar-refractivity contribution is 0.0949. The minimum Gasteiger partial charge on any atom is -0.383 e. The van der Waals surface area contributed by atoms with Crippen molar-refractivity contribution in [2.24, 2.45) is 0 Å². The van der Waals surface area contributed by atoms with Gasteiger partial charge in [-0.15, -0.1) is 0 Å². The van der Waals surface area contributed by atoms with Crippen LogP contribution < -0.4 is 10.6 Å². The number of nitrogens with one attached hydrogen (secondary N) is 2. The average Bonchev–Trinajstić information content (AvgIpc) is 2.55. The number of hydrogen-bond donors (Lipinski definition) is 2. The van der Waals surface area contributed by atoms with Gasteiger partial charge < -0.3 is 10.6 Å². The van der Waals surface area contributed by atoms with Crippen molar-refractivity contribution in [3.8, 4) is 0 Å². The summed E-state index contributed by atoms with van der Waals surface area (Å²) in [6, 6.07) is 10.00. The zero-order chi connectivity index (χ0) is 15.8. The molecule has 0 saturated carbocycles. The number of benzene rings is 1. The Morgan fingerprint density at radius 2 is 1.91 bits per heavy atom. The molecule has 0 atom stereocenters. The predicted molar refractivity (Wildman–Crippen MR) is 85.5 cm³/mol. The summed E-state index contributed by atoms with van der Waals surface area (Å²) in [5.74, 6) is -0.377. The number of carbonyl (C=O) groups excluding carboxylic acids is 1. The topological polar surface area (TPSA) is 54.0 Å². The van der Waals surface area contributed by atoms with E-state index in [-0.39, 0.29) is 11.7 Å². The van der Waals surface area contributed by atoms with E-state index in [9.17, 15) is 9.18 Å². The van der Waals surface area contributed by atoms with Crippen molar-refractivity contribution >= 4 is 11.6 Å². The van der Waals surface area contributed by atoms with E-state index >= 15 is 0 Å². The number of carbonyl (C=O) groups is 1. The lowest BCUT2D eigenvalue weighted by Gasteiger charge is -2.07. The number of nitrogens with zero attached hydrogens (tertiary/aromatic N) is 1. The molecule has 1 aromatic carbocycles. The molecule has 2 aromatic rings. The fraction of sp³-hybridized carbons (Fsp3) is 0.294. The van der Waals surface area contributed by atoms with Gasteiger partial charge >= 0.3 is 0 Å². The fourth-order valence-electron chi connectivity index (χ4n) is 1.96. The number of rotatable bonds is 7. The Hall–Kier alpha value is -2.43. The minimum absolute atomic E-state index is 0.153. The van der Waals surface area contributed by atoms with E-state index in [4.69, 9.17) is 0 Å². The summed E-state index contributed by atoms with van der Waals surface area (Å²) < 4.78 is 12.8. The molecule has 0 unspecified atom stereocenters. The largest absolute Gasteiger partial charge is 0.383 e. The van der Waals surface area contributed by atoms with Crippen LogP contribution in [0.4, 0.5) is 10.1 Å². The molecule has 1 aromatic heterocycles. The maximum Gasteiger partial charge on any atom is 0.269 e. The van der Waals surface area contributed by atoms with Crippen LogP contribution in [0.2, 0.25) is 0 Å². The van der Waals surface area contributed by atoms with E-state index in [2.05, 4.69) is 15.6 Å². The second-order valence-electron chi connectivity index (χ2n) is 4.99. The lowest BCUT2D eigenvalue weighted by Crippen LogP contribution is -2.24. The molecule has 5 heteroatoms. The van der Waals surface area contributed by atoms with Crippen LogP contribution in [0.3, 0.4) is 0 Å². The molecule has 1 amide bonds. The van der Waals surface area contributed by atoms with Gasteiger partial charge in [-0.05, 0) is 42.7 Å². The van der Waals surface area contributed by atoms with Crippen LogP contribution in [-0.2, 0) is 6.42 Å².